The summed E-state index contributed by atoms with van der Waals surface area (Å²) in [5, 5.41) is 11.8. The van der Waals surface area contributed by atoms with Crippen LogP contribution in [0, 0.1) is 5.92 Å². The van der Waals surface area contributed by atoms with E-state index in [1.165, 1.54) is 5.56 Å². The predicted molar refractivity (Wildman–Crippen MR) is 143 cm³/mol. The second-order valence-electron chi connectivity index (χ2n) is 8.74. The molecule has 36 heavy (non-hydrogen) atoms. The Balaban J connectivity index is 1.64. The summed E-state index contributed by atoms with van der Waals surface area (Å²) in [6.07, 6.45) is 1.37. The standard InChI is InChI=1S/C28H29Cl2NO5/c1-18(2)16-19-9-11-20(12-10-19)17-36-24-14-13-21(26(29)27(24)30)28(34)31-22-6-3-4-7-23(22)35-15-5-8-25(32)33/h3-4,6-7,9-14,18H,5,8,15-17H2,1-2H3,(H,31,34)(H,32,33). The number of nitrogens with one attached hydrogen (secondary N) is 1. The highest BCUT2D eigenvalue weighted by atomic mass is 35.5. The third-order valence-corrected chi connectivity index (χ3v) is 6.15. The fourth-order valence-electron chi connectivity index (χ4n) is 3.51. The van der Waals surface area contributed by atoms with E-state index in [0.29, 0.717) is 36.1 Å². The summed E-state index contributed by atoms with van der Waals surface area (Å²) in [7, 11) is 0. The minimum Gasteiger partial charge on any atom is -0.491 e. The number of rotatable bonds is 12. The lowest BCUT2D eigenvalue weighted by molar-refractivity contribution is -0.137. The Labute approximate surface area is 221 Å². The Bertz CT molecular complexity index is 1200. The van der Waals surface area contributed by atoms with Crippen LogP contribution in [-0.4, -0.2) is 23.6 Å². The number of aliphatic carboxylic acids is 1. The molecule has 0 aliphatic carbocycles. The van der Waals surface area contributed by atoms with Crippen molar-refractivity contribution < 1.29 is 24.2 Å². The molecule has 0 heterocycles. The van der Waals surface area contributed by atoms with Gasteiger partial charge >= 0.3 is 5.97 Å². The molecule has 0 unspecified atom stereocenters. The number of carboxylic acids is 1. The summed E-state index contributed by atoms with van der Waals surface area (Å²) >= 11 is 12.8. The number of anilines is 1. The van der Waals surface area contributed by atoms with Crippen molar-refractivity contribution in [3.8, 4) is 11.5 Å². The second kappa shape index (κ2) is 13.2. The van der Waals surface area contributed by atoms with Gasteiger partial charge in [-0.15, -0.1) is 0 Å². The number of ether oxygens (including phenoxy) is 2. The van der Waals surface area contributed by atoms with Crippen LogP contribution >= 0.6 is 23.2 Å². The van der Waals surface area contributed by atoms with Crippen LogP contribution in [0.5, 0.6) is 11.5 Å². The summed E-state index contributed by atoms with van der Waals surface area (Å²) in [5.41, 5.74) is 2.90. The molecule has 0 atom stereocenters. The van der Waals surface area contributed by atoms with Gasteiger partial charge in [0.05, 0.1) is 22.9 Å². The van der Waals surface area contributed by atoms with Gasteiger partial charge in [0.15, 0.2) is 0 Å². The normalized spacial score (nSPS) is 10.8. The molecule has 0 saturated carbocycles. The maximum absolute atomic E-state index is 12.9. The molecular weight excluding hydrogens is 501 g/mol. The van der Waals surface area contributed by atoms with Crippen molar-refractivity contribution in [2.24, 2.45) is 5.92 Å². The van der Waals surface area contributed by atoms with Gasteiger partial charge in [0, 0.05) is 6.42 Å². The Morgan fingerprint density at radius 2 is 1.58 bits per heavy atom. The van der Waals surface area contributed by atoms with Crippen molar-refractivity contribution in [2.75, 3.05) is 11.9 Å². The van der Waals surface area contributed by atoms with E-state index < -0.39 is 11.9 Å². The van der Waals surface area contributed by atoms with Crippen LogP contribution in [0.3, 0.4) is 0 Å². The first-order valence-electron chi connectivity index (χ1n) is 11.7. The van der Waals surface area contributed by atoms with Crippen molar-refractivity contribution in [2.45, 2.75) is 39.7 Å². The summed E-state index contributed by atoms with van der Waals surface area (Å²) in [6.45, 7) is 4.89. The van der Waals surface area contributed by atoms with Crippen LogP contribution in [0.15, 0.2) is 60.7 Å². The van der Waals surface area contributed by atoms with Gasteiger partial charge in [-0.2, -0.15) is 0 Å². The number of hydrogen-bond donors (Lipinski definition) is 2. The predicted octanol–water partition coefficient (Wildman–Crippen LogP) is 7.27. The highest BCUT2D eigenvalue weighted by Crippen LogP contribution is 2.36. The van der Waals surface area contributed by atoms with Gasteiger partial charge in [-0.1, -0.05) is 73.4 Å². The van der Waals surface area contributed by atoms with Gasteiger partial charge in [-0.25, -0.2) is 0 Å². The van der Waals surface area contributed by atoms with Crippen LogP contribution in [0.4, 0.5) is 5.69 Å². The van der Waals surface area contributed by atoms with Gasteiger partial charge in [-0.05, 0) is 54.2 Å². The lowest BCUT2D eigenvalue weighted by atomic mass is 10.0. The second-order valence-corrected chi connectivity index (χ2v) is 9.49. The molecule has 8 heteroatoms. The van der Waals surface area contributed by atoms with Gasteiger partial charge in [0.2, 0.25) is 0 Å². The monoisotopic (exact) mass is 529 g/mol. The fourth-order valence-corrected chi connectivity index (χ4v) is 3.97. The molecule has 190 valence electrons. The highest BCUT2D eigenvalue weighted by molar-refractivity contribution is 6.45. The third kappa shape index (κ3) is 7.90. The fraction of sp³-hybridized carbons (Fsp3) is 0.286. The molecule has 0 bridgehead atoms. The zero-order chi connectivity index (χ0) is 26.1. The Hall–Kier alpha value is -3.22. The van der Waals surface area contributed by atoms with Gasteiger partial charge in [0.25, 0.3) is 5.91 Å². The summed E-state index contributed by atoms with van der Waals surface area (Å²) in [4.78, 5) is 23.6. The number of carbonyl (C=O) groups is 2. The Morgan fingerprint density at radius 3 is 2.28 bits per heavy atom. The van der Waals surface area contributed by atoms with Crippen molar-refractivity contribution in [1.82, 2.24) is 0 Å². The summed E-state index contributed by atoms with van der Waals surface area (Å²) in [5.74, 6) is 0.0486. The number of carbonyl (C=O) groups excluding carboxylic acids is 1. The minimum absolute atomic E-state index is 0.000493. The zero-order valence-corrected chi connectivity index (χ0v) is 21.7. The smallest absolute Gasteiger partial charge is 0.303 e. The van der Waals surface area contributed by atoms with Crippen LogP contribution in [-0.2, 0) is 17.8 Å². The number of carboxylic acid groups (broad SMARTS) is 1. The average molecular weight is 530 g/mol. The molecule has 0 radical (unpaired) electrons. The van der Waals surface area contributed by atoms with E-state index in [1.54, 1.807) is 36.4 Å². The van der Waals surface area contributed by atoms with E-state index in [0.717, 1.165) is 12.0 Å². The van der Waals surface area contributed by atoms with Crippen LogP contribution < -0.4 is 14.8 Å². The molecule has 0 spiro atoms. The first kappa shape index (κ1) is 27.4. The Morgan fingerprint density at radius 1 is 0.889 bits per heavy atom. The largest absolute Gasteiger partial charge is 0.491 e. The van der Waals surface area contributed by atoms with E-state index in [-0.39, 0.29) is 28.6 Å². The molecule has 6 nitrogen and oxygen atoms in total. The molecule has 0 aromatic heterocycles. The van der Waals surface area contributed by atoms with Crippen LogP contribution in [0.25, 0.3) is 0 Å². The molecular formula is C28H29Cl2NO5. The van der Waals surface area contributed by atoms with Crippen molar-refractivity contribution >= 4 is 40.8 Å². The topological polar surface area (TPSA) is 84.9 Å². The Kier molecular flexibility index (Phi) is 10.0. The number of hydrogen-bond acceptors (Lipinski definition) is 4. The first-order chi connectivity index (χ1) is 17.2. The van der Waals surface area contributed by atoms with E-state index in [1.807, 2.05) is 12.1 Å². The molecule has 0 aliphatic rings. The first-order valence-corrected chi connectivity index (χ1v) is 12.4. The maximum atomic E-state index is 12.9. The van der Waals surface area contributed by atoms with E-state index in [9.17, 15) is 9.59 Å². The third-order valence-electron chi connectivity index (χ3n) is 5.28. The molecule has 0 saturated heterocycles. The molecule has 0 aliphatic heterocycles. The minimum atomic E-state index is -0.890. The lowest BCUT2D eigenvalue weighted by Crippen LogP contribution is -2.14. The molecule has 3 aromatic carbocycles. The van der Waals surface area contributed by atoms with Crippen LogP contribution in [0.1, 0.15) is 48.2 Å². The van der Waals surface area contributed by atoms with E-state index >= 15 is 0 Å². The summed E-state index contributed by atoms with van der Waals surface area (Å²) in [6, 6.07) is 18.3. The molecule has 3 rings (SSSR count). The average Bonchev–Trinajstić information content (AvgIpc) is 2.84. The number of para-hydroxylation sites is 2. The van der Waals surface area contributed by atoms with Crippen LogP contribution in [0.2, 0.25) is 10.0 Å². The van der Waals surface area contributed by atoms with Gasteiger partial charge in [0.1, 0.15) is 23.1 Å². The lowest BCUT2D eigenvalue weighted by Gasteiger charge is -2.14. The quantitative estimate of drug-likeness (QED) is 0.241. The molecule has 0 fully saturated rings. The van der Waals surface area contributed by atoms with Crippen molar-refractivity contribution in [3.05, 3.63) is 87.4 Å². The molecule has 1 amide bonds. The number of amides is 1. The summed E-state index contributed by atoms with van der Waals surface area (Å²) < 4.78 is 11.5. The van der Waals surface area contributed by atoms with E-state index in [2.05, 4.69) is 31.3 Å². The molecule has 3 aromatic rings. The number of halogens is 2. The maximum Gasteiger partial charge on any atom is 0.303 e. The zero-order valence-electron chi connectivity index (χ0n) is 20.2. The SMILES string of the molecule is CC(C)Cc1ccc(COc2ccc(C(=O)Nc3ccccc3OCCCC(=O)O)c(Cl)c2Cl)cc1. The van der Waals surface area contributed by atoms with Gasteiger partial charge < -0.3 is 19.9 Å². The molecule has 2 N–H and O–H groups in total. The van der Waals surface area contributed by atoms with Crippen molar-refractivity contribution in [3.63, 3.8) is 0 Å². The van der Waals surface area contributed by atoms with E-state index in [4.69, 9.17) is 37.8 Å². The van der Waals surface area contributed by atoms with Gasteiger partial charge in [-0.3, -0.25) is 9.59 Å². The van der Waals surface area contributed by atoms with Crippen molar-refractivity contribution in [1.29, 1.82) is 0 Å². The highest BCUT2D eigenvalue weighted by Gasteiger charge is 2.18. The number of benzene rings is 3.